The lowest BCUT2D eigenvalue weighted by atomic mass is 10.2. The van der Waals surface area contributed by atoms with E-state index in [0.29, 0.717) is 21.7 Å². The van der Waals surface area contributed by atoms with Crippen molar-refractivity contribution in [2.24, 2.45) is 0 Å². The Morgan fingerprint density at radius 2 is 2.12 bits per heavy atom. The summed E-state index contributed by atoms with van der Waals surface area (Å²) in [6.07, 6.45) is 1.66. The van der Waals surface area contributed by atoms with Gasteiger partial charge in [-0.15, -0.1) is 0 Å². The summed E-state index contributed by atoms with van der Waals surface area (Å²) in [5.41, 5.74) is 7.97. The van der Waals surface area contributed by atoms with Crippen molar-refractivity contribution in [2.45, 2.75) is 6.92 Å². The number of nitrogen functional groups attached to an aromatic ring is 1. The Morgan fingerprint density at radius 1 is 1.35 bits per heavy atom. The lowest BCUT2D eigenvalue weighted by molar-refractivity contribution is 0.622. The number of halogens is 2. The maximum absolute atomic E-state index is 13.3. The Labute approximate surface area is 107 Å². The number of nitrogens with zero attached hydrogens (tertiary/aromatic N) is 1. The van der Waals surface area contributed by atoms with Crippen molar-refractivity contribution in [2.75, 3.05) is 11.1 Å². The van der Waals surface area contributed by atoms with Gasteiger partial charge in [0.1, 0.15) is 5.82 Å². The minimum atomic E-state index is -0.332. The molecule has 3 nitrogen and oxygen atoms in total. The van der Waals surface area contributed by atoms with Gasteiger partial charge in [0.15, 0.2) is 5.82 Å². The van der Waals surface area contributed by atoms with E-state index >= 15 is 0 Å². The van der Waals surface area contributed by atoms with Crippen molar-refractivity contribution >= 4 is 33.1 Å². The molecule has 2 rings (SSSR count). The van der Waals surface area contributed by atoms with Gasteiger partial charge in [0, 0.05) is 11.9 Å². The van der Waals surface area contributed by atoms with Crippen LogP contribution in [0.2, 0.25) is 0 Å². The van der Waals surface area contributed by atoms with Crippen LogP contribution in [0, 0.1) is 12.7 Å². The van der Waals surface area contributed by atoms with Crippen molar-refractivity contribution in [1.82, 2.24) is 4.98 Å². The first kappa shape index (κ1) is 11.9. The molecule has 0 unspecified atom stereocenters. The Kier molecular flexibility index (Phi) is 3.28. The maximum atomic E-state index is 13.3. The molecule has 1 aromatic heterocycles. The minimum Gasteiger partial charge on any atom is -0.396 e. The zero-order valence-corrected chi connectivity index (χ0v) is 10.8. The predicted octanol–water partition coefficient (Wildman–Crippen LogP) is 3.62. The molecule has 0 aliphatic heterocycles. The number of benzene rings is 1. The van der Waals surface area contributed by atoms with Crippen LogP contribution < -0.4 is 11.1 Å². The highest BCUT2D eigenvalue weighted by molar-refractivity contribution is 9.10. The highest BCUT2D eigenvalue weighted by atomic mass is 79.9. The minimum absolute atomic E-state index is 0.332. The molecule has 3 N–H and O–H groups in total. The lowest BCUT2D eigenvalue weighted by Gasteiger charge is -2.10. The fourth-order valence-corrected chi connectivity index (χ4v) is 1.63. The average molecular weight is 296 g/mol. The molecule has 0 saturated heterocycles. The molecule has 1 heterocycles. The number of anilines is 3. The van der Waals surface area contributed by atoms with E-state index in [-0.39, 0.29) is 5.82 Å². The molecule has 0 amide bonds. The second-order valence-corrected chi connectivity index (χ2v) is 4.50. The summed E-state index contributed by atoms with van der Waals surface area (Å²) < 4.78 is 13.7. The highest BCUT2D eigenvalue weighted by Crippen LogP contribution is 2.25. The molecule has 5 heteroatoms. The molecule has 0 bridgehead atoms. The van der Waals surface area contributed by atoms with Gasteiger partial charge >= 0.3 is 0 Å². The van der Waals surface area contributed by atoms with Crippen molar-refractivity contribution in [1.29, 1.82) is 0 Å². The van der Waals surface area contributed by atoms with Gasteiger partial charge in [-0.2, -0.15) is 0 Å². The molecule has 2 aromatic rings. The van der Waals surface area contributed by atoms with Gasteiger partial charge in [0.2, 0.25) is 0 Å². The van der Waals surface area contributed by atoms with Gasteiger partial charge in [-0.25, -0.2) is 9.37 Å². The van der Waals surface area contributed by atoms with E-state index in [9.17, 15) is 4.39 Å². The standard InChI is InChI=1S/C12H11BrFN3/c1-7-4-5-16-12(11(7)15)17-8-2-3-9(13)10(14)6-8/h2-6H,15H2,1H3,(H,16,17). The first-order valence-corrected chi connectivity index (χ1v) is 5.80. The molecule has 0 saturated carbocycles. The molecule has 0 spiro atoms. The van der Waals surface area contributed by atoms with E-state index in [1.165, 1.54) is 6.07 Å². The van der Waals surface area contributed by atoms with Crippen molar-refractivity contribution in [3.8, 4) is 0 Å². The van der Waals surface area contributed by atoms with Crippen molar-refractivity contribution < 1.29 is 4.39 Å². The number of aryl methyl sites for hydroxylation is 1. The quantitative estimate of drug-likeness (QED) is 0.890. The van der Waals surface area contributed by atoms with Crippen LogP contribution in [0.4, 0.5) is 21.6 Å². The molecular formula is C12H11BrFN3. The zero-order chi connectivity index (χ0) is 12.4. The number of rotatable bonds is 2. The summed E-state index contributed by atoms with van der Waals surface area (Å²) in [6, 6.07) is 6.58. The SMILES string of the molecule is Cc1ccnc(Nc2ccc(Br)c(F)c2)c1N. The van der Waals surface area contributed by atoms with Gasteiger partial charge < -0.3 is 11.1 Å². The molecule has 17 heavy (non-hydrogen) atoms. The molecule has 0 atom stereocenters. The maximum Gasteiger partial charge on any atom is 0.153 e. The molecule has 1 aromatic carbocycles. The molecular weight excluding hydrogens is 285 g/mol. The van der Waals surface area contributed by atoms with Gasteiger partial charge in [-0.3, -0.25) is 0 Å². The molecule has 0 aliphatic rings. The third-order valence-electron chi connectivity index (χ3n) is 2.39. The van der Waals surface area contributed by atoms with Crippen LogP contribution in [0.3, 0.4) is 0 Å². The number of aromatic nitrogens is 1. The lowest BCUT2D eigenvalue weighted by Crippen LogP contribution is -2.01. The summed E-state index contributed by atoms with van der Waals surface area (Å²) >= 11 is 3.10. The number of hydrogen-bond acceptors (Lipinski definition) is 3. The molecule has 88 valence electrons. The van der Waals surface area contributed by atoms with Crippen LogP contribution in [-0.4, -0.2) is 4.98 Å². The first-order chi connectivity index (χ1) is 8.08. The molecule has 0 aliphatic carbocycles. The summed E-state index contributed by atoms with van der Waals surface area (Å²) in [4.78, 5) is 4.12. The van der Waals surface area contributed by atoms with Crippen LogP contribution in [0.15, 0.2) is 34.9 Å². The second-order valence-electron chi connectivity index (χ2n) is 3.64. The predicted molar refractivity (Wildman–Crippen MR) is 70.8 cm³/mol. The number of nitrogens with two attached hydrogens (primary N) is 1. The third kappa shape index (κ3) is 2.55. The zero-order valence-electron chi connectivity index (χ0n) is 9.17. The smallest absolute Gasteiger partial charge is 0.153 e. The van der Waals surface area contributed by atoms with Crippen LogP contribution >= 0.6 is 15.9 Å². The molecule has 0 radical (unpaired) electrons. The second kappa shape index (κ2) is 4.71. The largest absolute Gasteiger partial charge is 0.396 e. The van der Waals surface area contributed by atoms with Crippen LogP contribution in [0.1, 0.15) is 5.56 Å². The number of pyridine rings is 1. The van der Waals surface area contributed by atoms with Crippen LogP contribution in [-0.2, 0) is 0 Å². The summed E-state index contributed by atoms with van der Waals surface area (Å²) in [5.74, 6) is 0.202. The Bertz CT molecular complexity index is 557. The molecule has 0 fully saturated rings. The Balaban J connectivity index is 2.31. The van der Waals surface area contributed by atoms with Crippen LogP contribution in [0.25, 0.3) is 0 Å². The normalized spacial score (nSPS) is 10.3. The summed E-state index contributed by atoms with van der Waals surface area (Å²) in [5, 5.41) is 2.98. The number of hydrogen-bond donors (Lipinski definition) is 2. The van der Waals surface area contributed by atoms with E-state index < -0.39 is 0 Å². The van der Waals surface area contributed by atoms with Crippen molar-refractivity contribution in [3.63, 3.8) is 0 Å². The monoisotopic (exact) mass is 295 g/mol. The fraction of sp³-hybridized carbons (Fsp3) is 0.0833. The first-order valence-electron chi connectivity index (χ1n) is 5.01. The van der Waals surface area contributed by atoms with Gasteiger partial charge in [-0.05, 0) is 52.7 Å². The number of nitrogens with one attached hydrogen (secondary N) is 1. The van der Waals surface area contributed by atoms with Gasteiger partial charge in [-0.1, -0.05) is 0 Å². The summed E-state index contributed by atoms with van der Waals surface area (Å²) in [7, 11) is 0. The van der Waals surface area contributed by atoms with E-state index in [4.69, 9.17) is 5.73 Å². The Morgan fingerprint density at radius 3 is 2.82 bits per heavy atom. The van der Waals surface area contributed by atoms with Gasteiger partial charge in [0.05, 0.1) is 10.2 Å². The van der Waals surface area contributed by atoms with E-state index in [2.05, 4.69) is 26.2 Å². The van der Waals surface area contributed by atoms with E-state index in [0.717, 1.165) is 5.56 Å². The van der Waals surface area contributed by atoms with Gasteiger partial charge in [0.25, 0.3) is 0 Å². The topological polar surface area (TPSA) is 50.9 Å². The third-order valence-corrected chi connectivity index (χ3v) is 3.03. The summed E-state index contributed by atoms with van der Waals surface area (Å²) in [6.45, 7) is 1.89. The highest BCUT2D eigenvalue weighted by Gasteiger charge is 2.05. The van der Waals surface area contributed by atoms with Crippen LogP contribution in [0.5, 0.6) is 0 Å². The van der Waals surface area contributed by atoms with Crippen molar-refractivity contribution in [3.05, 3.63) is 46.3 Å². The van der Waals surface area contributed by atoms with E-state index in [1.54, 1.807) is 18.3 Å². The fourth-order valence-electron chi connectivity index (χ4n) is 1.38. The Hall–Kier alpha value is -1.62. The average Bonchev–Trinajstić information content (AvgIpc) is 2.30. The van der Waals surface area contributed by atoms with E-state index in [1.807, 2.05) is 13.0 Å².